The minimum atomic E-state index is -0.627. The van der Waals surface area contributed by atoms with Crippen LogP contribution in [0.5, 0.6) is 0 Å². The van der Waals surface area contributed by atoms with Crippen LogP contribution in [0, 0.1) is 28.6 Å². The molecule has 3 saturated carbocycles. The van der Waals surface area contributed by atoms with Gasteiger partial charge in [-0.05, 0) is 55.3 Å². The zero-order valence-corrected chi connectivity index (χ0v) is 19.8. The van der Waals surface area contributed by atoms with Gasteiger partial charge in [0.25, 0.3) is 0 Å². The monoisotopic (exact) mass is 448 g/mol. The van der Waals surface area contributed by atoms with Gasteiger partial charge in [0.05, 0.1) is 6.10 Å². The minimum absolute atomic E-state index is 0.00592. The molecule has 32 heavy (non-hydrogen) atoms. The minimum Gasteiger partial charge on any atom is -0.462 e. The average molecular weight is 449 g/mol. The van der Waals surface area contributed by atoms with E-state index in [0.29, 0.717) is 12.8 Å². The molecule has 1 N–H and O–H groups in total. The fourth-order valence-electron chi connectivity index (χ4n) is 7.61. The predicted molar refractivity (Wildman–Crippen MR) is 115 cm³/mol. The first-order chi connectivity index (χ1) is 15.0. The van der Waals surface area contributed by atoms with Crippen molar-refractivity contribution in [2.24, 2.45) is 28.6 Å². The van der Waals surface area contributed by atoms with Crippen LogP contribution in [-0.2, 0) is 28.6 Å². The van der Waals surface area contributed by atoms with Gasteiger partial charge in [0.1, 0.15) is 18.3 Å². The summed E-state index contributed by atoms with van der Waals surface area (Å²) in [6, 6.07) is 0. The highest BCUT2D eigenvalue weighted by atomic mass is 16.6. The number of carbonyl (C=O) groups is 3. The summed E-state index contributed by atoms with van der Waals surface area (Å²) < 4.78 is 16.8. The van der Waals surface area contributed by atoms with Gasteiger partial charge in [-0.1, -0.05) is 25.5 Å². The lowest BCUT2D eigenvalue weighted by Crippen LogP contribution is -2.55. The maximum Gasteiger partial charge on any atom is 0.303 e. The predicted octanol–water partition coefficient (Wildman–Crippen LogP) is 3.33. The number of esters is 3. The number of aliphatic hydroxyl groups is 1. The van der Waals surface area contributed by atoms with E-state index in [1.807, 2.05) is 6.08 Å². The van der Waals surface area contributed by atoms with Crippen molar-refractivity contribution in [1.82, 2.24) is 0 Å². The van der Waals surface area contributed by atoms with E-state index >= 15 is 0 Å². The van der Waals surface area contributed by atoms with Crippen LogP contribution < -0.4 is 0 Å². The summed E-state index contributed by atoms with van der Waals surface area (Å²) in [6.07, 6.45) is 4.98. The molecule has 7 heteroatoms. The Balaban J connectivity index is 1.65. The van der Waals surface area contributed by atoms with E-state index in [9.17, 15) is 19.5 Å². The summed E-state index contributed by atoms with van der Waals surface area (Å²) in [5.41, 5.74) is 0.779. The average Bonchev–Trinajstić information content (AvgIpc) is 2.93. The first-order valence-corrected chi connectivity index (χ1v) is 11.9. The van der Waals surface area contributed by atoms with E-state index in [2.05, 4.69) is 13.8 Å². The lowest BCUT2D eigenvalue weighted by molar-refractivity contribution is -0.174. The SMILES string of the molecule is CC(=O)OC1CC[C@@]2(C)C(=CC(O)[C@@H]3[C@H]2CC[C@]2(C)C(OC(C)=O)C(OC(C)=O)C[C@@H]32)C1. The molecule has 0 aliphatic heterocycles. The van der Waals surface area contributed by atoms with Crippen LogP contribution in [0.1, 0.15) is 73.1 Å². The zero-order chi connectivity index (χ0) is 23.4. The van der Waals surface area contributed by atoms with Gasteiger partial charge in [0.15, 0.2) is 0 Å². The van der Waals surface area contributed by atoms with E-state index in [4.69, 9.17) is 14.2 Å². The third kappa shape index (κ3) is 3.76. The van der Waals surface area contributed by atoms with Crippen LogP contribution in [-0.4, -0.2) is 47.4 Å². The van der Waals surface area contributed by atoms with Crippen LogP contribution in [0.2, 0.25) is 0 Å². The summed E-state index contributed by atoms with van der Waals surface area (Å²) in [6.45, 7) is 8.62. The molecule has 9 atom stereocenters. The standard InChI is InChI=1S/C25H36O7/c1-13(26)30-17-6-8-24(4)16(10-17)11-20(29)22-18(24)7-9-25(5)19(22)12-21(31-14(2)27)23(25)32-15(3)28/h11,17-23,29H,6-10,12H2,1-5H3/t17?,18-,19+,20?,21?,22-,23?,24+,25+/m1/s1. The first-order valence-electron chi connectivity index (χ1n) is 11.9. The molecule has 0 aromatic carbocycles. The highest BCUT2D eigenvalue weighted by Crippen LogP contribution is 2.65. The Kier molecular flexibility index (Phi) is 5.93. The highest BCUT2D eigenvalue weighted by molar-refractivity contribution is 5.67. The van der Waals surface area contributed by atoms with Gasteiger partial charge >= 0.3 is 17.9 Å². The molecule has 0 amide bonds. The zero-order valence-electron chi connectivity index (χ0n) is 19.8. The summed E-state index contributed by atoms with van der Waals surface area (Å²) in [4.78, 5) is 35.1. The maximum absolute atomic E-state index is 11.9. The second-order valence-electron chi connectivity index (χ2n) is 10.8. The number of rotatable bonds is 3. The van der Waals surface area contributed by atoms with Gasteiger partial charge in [0.2, 0.25) is 0 Å². The van der Waals surface area contributed by atoms with Gasteiger partial charge < -0.3 is 19.3 Å². The van der Waals surface area contributed by atoms with Crippen molar-refractivity contribution in [2.75, 3.05) is 0 Å². The Hall–Kier alpha value is -1.89. The van der Waals surface area contributed by atoms with E-state index in [0.717, 1.165) is 25.7 Å². The van der Waals surface area contributed by atoms with Crippen molar-refractivity contribution < 1.29 is 33.7 Å². The molecule has 0 spiro atoms. The van der Waals surface area contributed by atoms with Crippen molar-refractivity contribution in [3.05, 3.63) is 11.6 Å². The second-order valence-corrected chi connectivity index (χ2v) is 10.8. The molecule has 178 valence electrons. The molecule has 0 radical (unpaired) electrons. The number of hydrogen-bond donors (Lipinski definition) is 1. The van der Waals surface area contributed by atoms with Gasteiger partial charge in [-0.3, -0.25) is 14.4 Å². The number of carbonyl (C=O) groups excluding carboxylic acids is 3. The summed E-state index contributed by atoms with van der Waals surface area (Å²) in [5, 5.41) is 11.3. The molecule has 0 aromatic rings. The number of ether oxygens (including phenoxy) is 3. The summed E-state index contributed by atoms with van der Waals surface area (Å²) >= 11 is 0. The van der Waals surface area contributed by atoms with Gasteiger partial charge in [-0.25, -0.2) is 0 Å². The smallest absolute Gasteiger partial charge is 0.303 e. The molecule has 4 aliphatic rings. The Morgan fingerprint density at radius 2 is 1.59 bits per heavy atom. The van der Waals surface area contributed by atoms with Crippen molar-refractivity contribution in [1.29, 1.82) is 0 Å². The van der Waals surface area contributed by atoms with Crippen LogP contribution in [0.4, 0.5) is 0 Å². The fraction of sp³-hybridized carbons (Fsp3) is 0.800. The van der Waals surface area contributed by atoms with E-state index < -0.39 is 18.3 Å². The summed E-state index contributed by atoms with van der Waals surface area (Å²) in [5.74, 6) is -0.660. The van der Waals surface area contributed by atoms with Crippen molar-refractivity contribution in [3.8, 4) is 0 Å². The molecule has 0 saturated heterocycles. The number of hydrogen-bond acceptors (Lipinski definition) is 7. The third-order valence-electron chi connectivity index (χ3n) is 8.94. The Morgan fingerprint density at radius 1 is 0.938 bits per heavy atom. The molecule has 0 aromatic heterocycles. The molecule has 0 bridgehead atoms. The second kappa shape index (κ2) is 8.15. The van der Waals surface area contributed by atoms with Crippen molar-refractivity contribution in [3.63, 3.8) is 0 Å². The molecule has 4 aliphatic carbocycles. The Labute approximate surface area is 189 Å². The fourth-order valence-corrected chi connectivity index (χ4v) is 7.61. The lowest BCUT2D eigenvalue weighted by atomic mass is 9.47. The van der Waals surface area contributed by atoms with Crippen molar-refractivity contribution in [2.45, 2.75) is 97.6 Å². The molecular formula is C25H36O7. The molecule has 7 nitrogen and oxygen atoms in total. The third-order valence-corrected chi connectivity index (χ3v) is 8.94. The van der Waals surface area contributed by atoms with Crippen molar-refractivity contribution >= 4 is 17.9 Å². The Morgan fingerprint density at radius 3 is 2.22 bits per heavy atom. The first kappa shape index (κ1) is 23.3. The van der Waals surface area contributed by atoms with Crippen LogP contribution in [0.25, 0.3) is 0 Å². The molecule has 3 fully saturated rings. The molecule has 4 unspecified atom stereocenters. The highest BCUT2D eigenvalue weighted by Gasteiger charge is 2.65. The van der Waals surface area contributed by atoms with Gasteiger partial charge in [0, 0.05) is 32.6 Å². The number of fused-ring (bicyclic) bond motifs is 5. The van der Waals surface area contributed by atoms with E-state index in [1.54, 1.807) is 0 Å². The van der Waals surface area contributed by atoms with Crippen LogP contribution in [0.3, 0.4) is 0 Å². The molecule has 0 heterocycles. The summed E-state index contributed by atoms with van der Waals surface area (Å²) in [7, 11) is 0. The molecular weight excluding hydrogens is 412 g/mol. The topological polar surface area (TPSA) is 99.1 Å². The largest absolute Gasteiger partial charge is 0.462 e. The van der Waals surface area contributed by atoms with Gasteiger partial charge in [-0.15, -0.1) is 0 Å². The van der Waals surface area contributed by atoms with Gasteiger partial charge in [-0.2, -0.15) is 0 Å². The van der Waals surface area contributed by atoms with Crippen LogP contribution in [0.15, 0.2) is 11.6 Å². The van der Waals surface area contributed by atoms with Crippen LogP contribution >= 0.6 is 0 Å². The maximum atomic E-state index is 11.9. The Bertz CT molecular complexity index is 834. The van der Waals surface area contributed by atoms with E-state index in [1.165, 1.54) is 26.3 Å². The quantitative estimate of drug-likeness (QED) is 0.402. The normalized spacial score (nSPS) is 44.9. The molecule has 4 rings (SSSR count). The lowest BCUT2D eigenvalue weighted by Gasteiger charge is -2.58. The number of aliphatic hydroxyl groups excluding tert-OH is 1. The van der Waals surface area contributed by atoms with E-state index in [-0.39, 0.29) is 52.6 Å².